The van der Waals surface area contributed by atoms with E-state index < -0.39 is 11.8 Å². The fraction of sp³-hybridized carbons (Fsp3) is 0.194. The van der Waals surface area contributed by atoms with Gasteiger partial charge in [-0.3, -0.25) is 9.59 Å². The molecule has 182 valence electrons. The van der Waals surface area contributed by atoms with Crippen LogP contribution >= 0.6 is 22.6 Å². The van der Waals surface area contributed by atoms with Gasteiger partial charge in [-0.15, -0.1) is 0 Å². The summed E-state index contributed by atoms with van der Waals surface area (Å²) in [6.45, 7) is 4.09. The van der Waals surface area contributed by atoms with Gasteiger partial charge in [0.05, 0.1) is 18.1 Å². The quantitative estimate of drug-likeness (QED) is 0.167. The first-order valence-electron chi connectivity index (χ1n) is 12.5. The van der Waals surface area contributed by atoms with Crippen molar-refractivity contribution >= 4 is 40.6 Å². The van der Waals surface area contributed by atoms with Crippen LogP contribution < -0.4 is 0 Å². The average Bonchev–Trinajstić information content (AvgIpc) is 3.34. The fourth-order valence-electron chi connectivity index (χ4n) is 6.80. The summed E-state index contributed by atoms with van der Waals surface area (Å²) in [6, 6.07) is 26.9. The van der Waals surface area contributed by atoms with Crippen molar-refractivity contribution < 1.29 is 9.59 Å². The third-order valence-electron chi connectivity index (χ3n) is 8.29. The number of nitrogens with zero attached hydrogens (tertiary/aromatic N) is 3. The number of aryl methyl sites for hydroxylation is 1. The third-order valence-corrected chi connectivity index (χ3v) is 9.01. The molecule has 0 spiro atoms. The molecule has 0 saturated carbocycles. The monoisotopic (exact) mass is 597 g/mol. The van der Waals surface area contributed by atoms with E-state index in [1.165, 1.54) is 25.8 Å². The predicted octanol–water partition coefficient (Wildman–Crippen LogP) is 5.92. The molecule has 6 heteroatoms. The van der Waals surface area contributed by atoms with Crippen molar-refractivity contribution in [1.29, 1.82) is 0 Å². The van der Waals surface area contributed by atoms with Gasteiger partial charge in [-0.25, -0.2) is 0 Å². The molecule has 4 aliphatic rings. The molecule has 2 bridgehead atoms. The Bertz CT molecular complexity index is 1520. The molecule has 1 saturated heterocycles. The van der Waals surface area contributed by atoms with Crippen LogP contribution in [0.5, 0.6) is 0 Å². The number of rotatable bonds is 3. The van der Waals surface area contributed by atoms with Crippen LogP contribution in [0.25, 0.3) is 5.69 Å². The Morgan fingerprint density at radius 3 is 1.73 bits per heavy atom. The van der Waals surface area contributed by atoms with E-state index in [9.17, 15) is 9.59 Å². The molecule has 1 aromatic heterocycles. The van der Waals surface area contributed by atoms with Gasteiger partial charge in [0.15, 0.2) is 0 Å². The lowest BCUT2D eigenvalue weighted by Crippen LogP contribution is -2.41. The fourth-order valence-corrected chi connectivity index (χ4v) is 7.16. The van der Waals surface area contributed by atoms with Gasteiger partial charge in [-0.05, 0) is 89.0 Å². The number of benzene rings is 3. The Balaban J connectivity index is 1.26. The zero-order valence-electron chi connectivity index (χ0n) is 20.4. The summed E-state index contributed by atoms with van der Waals surface area (Å²) in [6.07, 6.45) is 1.67. The largest absolute Gasteiger partial charge is 0.318 e. The molecule has 1 fully saturated rings. The van der Waals surface area contributed by atoms with Crippen molar-refractivity contribution in [2.75, 3.05) is 0 Å². The lowest BCUT2D eigenvalue weighted by Gasteiger charge is -2.45. The van der Waals surface area contributed by atoms with Crippen molar-refractivity contribution in [3.05, 3.63) is 122 Å². The first-order chi connectivity index (χ1) is 18.0. The summed E-state index contributed by atoms with van der Waals surface area (Å²) >= 11 is 2.30. The zero-order valence-corrected chi connectivity index (χ0v) is 22.6. The lowest BCUT2D eigenvalue weighted by molar-refractivity contribution is -0.139. The van der Waals surface area contributed by atoms with E-state index in [2.05, 4.69) is 87.7 Å². The van der Waals surface area contributed by atoms with Crippen LogP contribution in [0.15, 0.2) is 84.0 Å². The van der Waals surface area contributed by atoms with Gasteiger partial charge < -0.3 is 4.57 Å². The second-order valence-corrected chi connectivity index (χ2v) is 11.4. The highest BCUT2D eigenvalue weighted by molar-refractivity contribution is 14.1. The zero-order chi connectivity index (χ0) is 25.4. The number of hydrogen-bond acceptors (Lipinski definition) is 3. The lowest BCUT2D eigenvalue weighted by atomic mass is 9.55. The molecule has 3 aliphatic carbocycles. The number of imide groups is 1. The number of halogens is 1. The van der Waals surface area contributed by atoms with Crippen LogP contribution in [0.1, 0.15) is 51.0 Å². The molecule has 4 aromatic rings. The summed E-state index contributed by atoms with van der Waals surface area (Å²) in [5, 5.41) is 5.66. The number of hydrazone groups is 1. The molecule has 37 heavy (non-hydrogen) atoms. The first kappa shape index (κ1) is 22.7. The molecule has 1 aliphatic heterocycles. The molecule has 0 unspecified atom stereocenters. The van der Waals surface area contributed by atoms with Crippen LogP contribution in [-0.4, -0.2) is 27.6 Å². The Hall–Kier alpha value is -3.52. The number of hydrogen-bond donors (Lipinski definition) is 0. The maximum atomic E-state index is 13.8. The highest BCUT2D eigenvalue weighted by atomic mass is 127. The normalized spacial score (nSPS) is 23.5. The van der Waals surface area contributed by atoms with E-state index in [0.717, 1.165) is 27.6 Å². The topological polar surface area (TPSA) is 54.7 Å². The van der Waals surface area contributed by atoms with Crippen molar-refractivity contribution in [2.24, 2.45) is 16.9 Å². The molecule has 0 N–H and O–H groups in total. The average molecular weight is 597 g/mol. The minimum absolute atomic E-state index is 0.120. The maximum Gasteiger partial charge on any atom is 0.254 e. The highest BCUT2D eigenvalue weighted by Crippen LogP contribution is 2.60. The standard InChI is InChI=1S/C31H24IN3O2/c1-17-15-19(18(2)34(17)21-13-11-20(32)12-14-21)16-33-35-30(36)28-26-22-7-3-4-8-23(22)27(29(28)31(35)37)25-10-6-5-9-24(25)26/h3-16,26-29H,1-2H3/b33-16-/t26?,27?,28-,29+. The molecule has 5 nitrogen and oxygen atoms in total. The third kappa shape index (κ3) is 3.18. The van der Waals surface area contributed by atoms with Crippen LogP contribution in [0, 0.1) is 29.3 Å². The second kappa shape index (κ2) is 8.25. The highest BCUT2D eigenvalue weighted by Gasteiger charge is 2.61. The molecule has 8 rings (SSSR count). The van der Waals surface area contributed by atoms with Gasteiger partial charge >= 0.3 is 0 Å². The Kier molecular flexibility index (Phi) is 5.05. The van der Waals surface area contributed by atoms with Gasteiger partial charge in [0.2, 0.25) is 0 Å². The van der Waals surface area contributed by atoms with E-state index in [1.54, 1.807) is 6.21 Å². The van der Waals surface area contributed by atoms with Gasteiger partial charge in [-0.1, -0.05) is 48.5 Å². The van der Waals surface area contributed by atoms with E-state index in [1.807, 2.05) is 37.3 Å². The van der Waals surface area contributed by atoms with Crippen LogP contribution in [0.4, 0.5) is 0 Å². The van der Waals surface area contributed by atoms with Crippen molar-refractivity contribution in [3.63, 3.8) is 0 Å². The summed E-state index contributed by atoms with van der Waals surface area (Å²) in [7, 11) is 0. The van der Waals surface area contributed by atoms with Crippen LogP contribution in [0.2, 0.25) is 0 Å². The molecule has 2 amide bonds. The van der Waals surface area contributed by atoms with Gasteiger partial charge in [0.1, 0.15) is 0 Å². The van der Waals surface area contributed by atoms with Crippen LogP contribution in [-0.2, 0) is 9.59 Å². The summed E-state index contributed by atoms with van der Waals surface area (Å²) in [4.78, 5) is 27.6. The van der Waals surface area contributed by atoms with Crippen molar-refractivity contribution in [3.8, 4) is 5.69 Å². The summed E-state index contributed by atoms with van der Waals surface area (Å²) in [5.74, 6) is -1.47. The van der Waals surface area contributed by atoms with E-state index in [-0.39, 0.29) is 23.7 Å². The minimum atomic E-state index is -0.418. The molecular weight excluding hydrogens is 573 g/mol. The summed E-state index contributed by atoms with van der Waals surface area (Å²) < 4.78 is 3.34. The van der Waals surface area contributed by atoms with Gasteiger partial charge in [-0.2, -0.15) is 10.1 Å². The number of amides is 2. The minimum Gasteiger partial charge on any atom is -0.318 e. The number of carbonyl (C=O) groups excluding carboxylic acids is 2. The number of carbonyl (C=O) groups is 2. The van der Waals surface area contributed by atoms with E-state index in [4.69, 9.17) is 0 Å². The molecule has 3 aromatic carbocycles. The smallest absolute Gasteiger partial charge is 0.254 e. The van der Waals surface area contributed by atoms with E-state index >= 15 is 0 Å². The molecule has 2 heterocycles. The SMILES string of the molecule is Cc1cc(/C=N\N2C(=O)[C@@H]3C4c5ccccc5C(c5ccccc54)[C@@H]3C2=O)c(C)n1-c1ccc(I)cc1. The first-order valence-corrected chi connectivity index (χ1v) is 13.6. The Morgan fingerprint density at radius 2 is 1.24 bits per heavy atom. The summed E-state index contributed by atoms with van der Waals surface area (Å²) in [5.41, 5.74) is 8.71. The van der Waals surface area contributed by atoms with Crippen molar-refractivity contribution in [2.45, 2.75) is 25.7 Å². The Labute approximate surface area is 228 Å². The number of aromatic nitrogens is 1. The van der Waals surface area contributed by atoms with Crippen LogP contribution in [0.3, 0.4) is 0 Å². The Morgan fingerprint density at radius 1 is 0.757 bits per heavy atom. The molecule has 0 radical (unpaired) electrons. The predicted molar refractivity (Wildman–Crippen MR) is 151 cm³/mol. The molecular formula is C31H24IN3O2. The van der Waals surface area contributed by atoms with Gasteiger partial charge in [0.25, 0.3) is 11.8 Å². The van der Waals surface area contributed by atoms with E-state index in [0.29, 0.717) is 0 Å². The van der Waals surface area contributed by atoms with Crippen molar-refractivity contribution in [1.82, 2.24) is 9.58 Å². The maximum absolute atomic E-state index is 13.8. The molecule has 2 atom stereocenters. The van der Waals surface area contributed by atoms with Gasteiger partial charge in [0, 0.05) is 38.0 Å². The second-order valence-electron chi connectivity index (χ2n) is 10.1.